The molecule has 0 aliphatic rings. The summed E-state index contributed by atoms with van der Waals surface area (Å²) in [5.41, 5.74) is 6.42. The fourth-order valence-corrected chi connectivity index (χ4v) is 2.28. The molecule has 0 fully saturated rings. The van der Waals surface area contributed by atoms with Crippen LogP contribution in [0.15, 0.2) is 45.7 Å². The molecule has 94 valence electrons. The molecule has 0 aliphatic carbocycles. The lowest BCUT2D eigenvalue weighted by Gasteiger charge is -2.00. The van der Waals surface area contributed by atoms with Gasteiger partial charge in [-0.05, 0) is 30.3 Å². The van der Waals surface area contributed by atoms with Gasteiger partial charge >= 0.3 is 5.97 Å². The van der Waals surface area contributed by atoms with Crippen LogP contribution in [0.3, 0.4) is 0 Å². The van der Waals surface area contributed by atoms with E-state index in [1.165, 1.54) is 7.11 Å². The second kappa shape index (κ2) is 5.64. The molecule has 5 heteroatoms. The van der Waals surface area contributed by atoms with Crippen LogP contribution >= 0.6 is 11.8 Å². The van der Waals surface area contributed by atoms with Gasteiger partial charge in [-0.1, -0.05) is 6.07 Å². The third-order valence-electron chi connectivity index (χ3n) is 2.29. The van der Waals surface area contributed by atoms with Gasteiger partial charge in [0, 0.05) is 10.6 Å². The van der Waals surface area contributed by atoms with E-state index >= 15 is 0 Å². The van der Waals surface area contributed by atoms with Crippen molar-refractivity contribution in [3.63, 3.8) is 0 Å². The van der Waals surface area contributed by atoms with E-state index in [0.717, 1.165) is 16.3 Å². The maximum atomic E-state index is 11.2. The lowest BCUT2D eigenvalue weighted by molar-refractivity contribution is 0.0563. The van der Waals surface area contributed by atoms with Crippen molar-refractivity contribution in [2.75, 3.05) is 12.8 Å². The van der Waals surface area contributed by atoms with E-state index in [4.69, 9.17) is 10.2 Å². The molecule has 1 aromatic carbocycles. The minimum atomic E-state index is -0.463. The van der Waals surface area contributed by atoms with E-state index in [0.29, 0.717) is 5.75 Å². The average Bonchev–Trinajstić information content (AvgIpc) is 2.84. The highest BCUT2D eigenvalue weighted by Gasteiger charge is 2.10. The topological polar surface area (TPSA) is 65.5 Å². The van der Waals surface area contributed by atoms with Crippen molar-refractivity contribution in [1.29, 1.82) is 0 Å². The molecule has 2 rings (SSSR count). The Morgan fingerprint density at radius 2 is 2.22 bits per heavy atom. The van der Waals surface area contributed by atoms with Crippen LogP contribution in [0.5, 0.6) is 0 Å². The fourth-order valence-electron chi connectivity index (χ4n) is 1.42. The maximum absolute atomic E-state index is 11.2. The number of carbonyl (C=O) groups excluding carboxylic acids is 1. The Kier molecular flexibility index (Phi) is 3.94. The molecule has 2 aromatic rings. The third-order valence-corrected chi connectivity index (χ3v) is 3.30. The highest BCUT2D eigenvalue weighted by atomic mass is 32.2. The number of hydrogen-bond donors (Lipinski definition) is 1. The molecule has 0 aliphatic heterocycles. The molecule has 0 saturated carbocycles. The van der Waals surface area contributed by atoms with Crippen molar-refractivity contribution in [2.24, 2.45) is 0 Å². The summed E-state index contributed by atoms with van der Waals surface area (Å²) in [5.74, 6) is 1.12. The summed E-state index contributed by atoms with van der Waals surface area (Å²) in [5, 5.41) is 0. The number of carbonyl (C=O) groups is 1. The van der Waals surface area contributed by atoms with Crippen LogP contribution in [0.4, 0.5) is 5.69 Å². The van der Waals surface area contributed by atoms with Crippen molar-refractivity contribution in [3.05, 3.63) is 47.9 Å². The molecule has 2 N–H and O–H groups in total. The number of furan rings is 1. The van der Waals surface area contributed by atoms with Crippen LogP contribution in [-0.4, -0.2) is 13.1 Å². The number of methoxy groups -OCH3 is 1. The van der Waals surface area contributed by atoms with Crippen molar-refractivity contribution in [1.82, 2.24) is 0 Å². The second-order valence-electron chi connectivity index (χ2n) is 3.62. The van der Waals surface area contributed by atoms with E-state index in [-0.39, 0.29) is 5.76 Å². The van der Waals surface area contributed by atoms with Crippen LogP contribution in [0.1, 0.15) is 16.3 Å². The van der Waals surface area contributed by atoms with E-state index in [2.05, 4.69) is 4.74 Å². The van der Waals surface area contributed by atoms with Crippen LogP contribution in [-0.2, 0) is 10.5 Å². The van der Waals surface area contributed by atoms with E-state index in [1.54, 1.807) is 23.9 Å². The van der Waals surface area contributed by atoms with Gasteiger partial charge in [-0.25, -0.2) is 4.79 Å². The van der Waals surface area contributed by atoms with Gasteiger partial charge in [0.15, 0.2) is 0 Å². The van der Waals surface area contributed by atoms with Crippen molar-refractivity contribution < 1.29 is 13.9 Å². The Balaban J connectivity index is 1.98. The molecule has 4 nitrogen and oxygen atoms in total. The number of thioether (sulfide) groups is 1. The molecule has 0 atom stereocenters. The number of nitrogen functional groups attached to an aromatic ring is 1. The maximum Gasteiger partial charge on any atom is 0.373 e. The first-order valence-corrected chi connectivity index (χ1v) is 6.33. The Labute approximate surface area is 109 Å². The number of anilines is 1. The zero-order chi connectivity index (χ0) is 13.0. The summed E-state index contributed by atoms with van der Waals surface area (Å²) in [6.45, 7) is 0. The van der Waals surface area contributed by atoms with Gasteiger partial charge in [0.05, 0.1) is 12.9 Å². The summed E-state index contributed by atoms with van der Waals surface area (Å²) < 4.78 is 9.93. The van der Waals surface area contributed by atoms with Crippen LogP contribution in [0.25, 0.3) is 0 Å². The monoisotopic (exact) mass is 263 g/mol. The Bertz CT molecular complexity index is 551. The van der Waals surface area contributed by atoms with Gasteiger partial charge in [0.25, 0.3) is 0 Å². The lowest BCUT2D eigenvalue weighted by Crippen LogP contribution is -1.98. The van der Waals surface area contributed by atoms with Crippen molar-refractivity contribution >= 4 is 23.4 Å². The molecule has 0 spiro atoms. The zero-order valence-electron chi connectivity index (χ0n) is 9.88. The smallest absolute Gasteiger partial charge is 0.373 e. The summed E-state index contributed by atoms with van der Waals surface area (Å²) in [6.07, 6.45) is 0. The van der Waals surface area contributed by atoms with Crippen molar-refractivity contribution in [3.8, 4) is 0 Å². The molecule has 18 heavy (non-hydrogen) atoms. The quantitative estimate of drug-likeness (QED) is 0.522. The highest BCUT2D eigenvalue weighted by Crippen LogP contribution is 2.25. The minimum absolute atomic E-state index is 0.223. The van der Waals surface area contributed by atoms with Gasteiger partial charge in [-0.15, -0.1) is 11.8 Å². The molecule has 0 saturated heterocycles. The summed E-state index contributed by atoms with van der Waals surface area (Å²) in [7, 11) is 1.33. The number of benzene rings is 1. The van der Waals surface area contributed by atoms with E-state index < -0.39 is 5.97 Å². The molecule has 1 aromatic heterocycles. The average molecular weight is 263 g/mol. The number of hydrogen-bond acceptors (Lipinski definition) is 5. The highest BCUT2D eigenvalue weighted by molar-refractivity contribution is 7.98. The Morgan fingerprint density at radius 3 is 2.94 bits per heavy atom. The number of nitrogens with two attached hydrogens (primary N) is 1. The fraction of sp³-hybridized carbons (Fsp3) is 0.154. The standard InChI is InChI=1S/C13H13NO3S/c1-16-13(15)12-6-5-10(17-12)8-18-11-4-2-3-9(14)7-11/h2-7H,8,14H2,1H3. The Hall–Kier alpha value is -1.88. The Morgan fingerprint density at radius 1 is 1.39 bits per heavy atom. The number of esters is 1. The first-order valence-electron chi connectivity index (χ1n) is 5.34. The second-order valence-corrected chi connectivity index (χ2v) is 4.67. The normalized spacial score (nSPS) is 10.3. The van der Waals surface area contributed by atoms with E-state index in [9.17, 15) is 4.79 Å². The largest absolute Gasteiger partial charge is 0.463 e. The predicted molar refractivity (Wildman–Crippen MR) is 70.5 cm³/mol. The number of ether oxygens (including phenoxy) is 1. The molecule has 0 bridgehead atoms. The molecule has 0 unspecified atom stereocenters. The molecule has 1 heterocycles. The van der Waals surface area contributed by atoms with Gasteiger partial charge in [0.2, 0.25) is 5.76 Å². The summed E-state index contributed by atoms with van der Waals surface area (Å²) in [4.78, 5) is 12.3. The predicted octanol–water partition coefficient (Wildman–Crippen LogP) is 2.94. The van der Waals surface area contributed by atoms with Gasteiger partial charge < -0.3 is 14.9 Å². The molecule has 0 radical (unpaired) electrons. The summed E-state index contributed by atoms with van der Waals surface area (Å²) >= 11 is 1.59. The van der Waals surface area contributed by atoms with Gasteiger partial charge in [-0.2, -0.15) is 0 Å². The molecular formula is C13H13NO3S. The minimum Gasteiger partial charge on any atom is -0.463 e. The molecular weight excluding hydrogens is 250 g/mol. The first kappa shape index (κ1) is 12.6. The van der Waals surface area contributed by atoms with Gasteiger partial charge in [-0.3, -0.25) is 0 Å². The zero-order valence-corrected chi connectivity index (χ0v) is 10.7. The van der Waals surface area contributed by atoms with Crippen LogP contribution in [0.2, 0.25) is 0 Å². The van der Waals surface area contributed by atoms with Crippen molar-refractivity contribution in [2.45, 2.75) is 10.6 Å². The number of rotatable bonds is 4. The van der Waals surface area contributed by atoms with E-state index in [1.807, 2.05) is 24.3 Å². The lowest BCUT2D eigenvalue weighted by atomic mass is 10.3. The SMILES string of the molecule is COC(=O)c1ccc(CSc2cccc(N)c2)o1. The molecule has 0 amide bonds. The van der Waals surface area contributed by atoms with Crippen LogP contribution < -0.4 is 5.73 Å². The summed E-state index contributed by atoms with van der Waals surface area (Å²) in [6, 6.07) is 11.0. The van der Waals surface area contributed by atoms with Crippen LogP contribution in [0, 0.1) is 0 Å². The first-order chi connectivity index (χ1) is 8.69. The third kappa shape index (κ3) is 3.07. The van der Waals surface area contributed by atoms with Gasteiger partial charge in [0.1, 0.15) is 5.76 Å².